The minimum Gasteiger partial charge on any atom is -0.489 e. The van der Waals surface area contributed by atoms with E-state index in [9.17, 15) is 5.11 Å². The smallest absolute Gasteiger partial charge is 0.123 e. The molecule has 3 aromatic carbocycles. The van der Waals surface area contributed by atoms with E-state index in [0.717, 1.165) is 11.1 Å². The van der Waals surface area contributed by atoms with E-state index in [1.165, 1.54) is 0 Å². The van der Waals surface area contributed by atoms with Gasteiger partial charge < -0.3 is 20.3 Å². The van der Waals surface area contributed by atoms with Crippen molar-refractivity contribution in [1.82, 2.24) is 0 Å². The van der Waals surface area contributed by atoms with Crippen LogP contribution in [0.1, 0.15) is 22.8 Å². The first-order chi connectivity index (χ1) is 12.7. The molecule has 0 aliphatic rings. The maximum absolute atomic E-state index is 10.1. The van der Waals surface area contributed by atoms with Crippen molar-refractivity contribution in [2.45, 2.75) is 19.3 Å². The highest BCUT2D eigenvalue weighted by Crippen LogP contribution is 2.28. The minimum atomic E-state index is -0.755. The minimum absolute atomic E-state index is 0.139. The zero-order chi connectivity index (χ0) is 18.2. The highest BCUT2D eigenvalue weighted by atomic mass is 16.5. The molecule has 0 aliphatic heterocycles. The molecule has 3 N–H and O–H groups in total. The van der Waals surface area contributed by atoms with Crippen LogP contribution in [0.25, 0.3) is 0 Å². The summed E-state index contributed by atoms with van der Waals surface area (Å²) in [6.45, 7) is 1.03. The van der Waals surface area contributed by atoms with Crippen LogP contribution < -0.4 is 15.2 Å². The van der Waals surface area contributed by atoms with Gasteiger partial charge in [-0.2, -0.15) is 0 Å². The van der Waals surface area contributed by atoms with Crippen LogP contribution >= 0.6 is 0 Å². The summed E-state index contributed by atoms with van der Waals surface area (Å²) in [5.41, 5.74) is 8.43. The topological polar surface area (TPSA) is 64.7 Å². The van der Waals surface area contributed by atoms with Crippen LogP contribution in [-0.4, -0.2) is 11.7 Å². The second-order valence-corrected chi connectivity index (χ2v) is 6.04. The van der Waals surface area contributed by atoms with Crippen molar-refractivity contribution < 1.29 is 14.6 Å². The fourth-order valence-corrected chi connectivity index (χ4v) is 2.57. The van der Waals surface area contributed by atoms with Crippen LogP contribution in [0.2, 0.25) is 0 Å². The fourth-order valence-electron chi connectivity index (χ4n) is 2.57. The van der Waals surface area contributed by atoms with E-state index < -0.39 is 6.10 Å². The average molecular weight is 349 g/mol. The number of hydrogen-bond donors (Lipinski definition) is 2. The second-order valence-electron chi connectivity index (χ2n) is 6.04. The predicted octanol–water partition coefficient (Wildman–Crippen LogP) is 3.84. The third-order valence-electron chi connectivity index (χ3n) is 4.01. The van der Waals surface area contributed by atoms with Gasteiger partial charge in [0.1, 0.15) is 24.7 Å². The molecule has 0 aliphatic carbocycles. The van der Waals surface area contributed by atoms with Crippen molar-refractivity contribution in [3.63, 3.8) is 0 Å². The molecule has 3 rings (SSSR count). The molecule has 0 heterocycles. The van der Waals surface area contributed by atoms with Crippen molar-refractivity contribution in [2.24, 2.45) is 5.73 Å². The summed E-state index contributed by atoms with van der Waals surface area (Å²) >= 11 is 0. The molecule has 4 nitrogen and oxygen atoms in total. The summed E-state index contributed by atoms with van der Waals surface area (Å²) in [5, 5.41) is 10.1. The number of hydrogen-bond acceptors (Lipinski definition) is 4. The molecule has 0 radical (unpaired) electrons. The molecule has 0 amide bonds. The van der Waals surface area contributed by atoms with Gasteiger partial charge in [-0.05, 0) is 28.8 Å². The van der Waals surface area contributed by atoms with Gasteiger partial charge >= 0.3 is 0 Å². The lowest BCUT2D eigenvalue weighted by molar-refractivity contribution is 0.185. The van der Waals surface area contributed by atoms with E-state index in [2.05, 4.69) is 0 Å². The lowest BCUT2D eigenvalue weighted by atomic mass is 10.1. The Kier molecular flexibility index (Phi) is 6.25. The Balaban J connectivity index is 1.74. The molecule has 0 saturated carbocycles. The summed E-state index contributed by atoms with van der Waals surface area (Å²) in [7, 11) is 0. The quantitative estimate of drug-likeness (QED) is 0.648. The summed E-state index contributed by atoms with van der Waals surface area (Å²) in [6.07, 6.45) is -0.755. The number of rotatable bonds is 8. The second kappa shape index (κ2) is 9.04. The Hall–Kier alpha value is -2.82. The summed E-state index contributed by atoms with van der Waals surface area (Å²) < 4.78 is 11.8. The number of aliphatic hydroxyl groups is 1. The monoisotopic (exact) mass is 349 g/mol. The van der Waals surface area contributed by atoms with Gasteiger partial charge in [0, 0.05) is 12.6 Å². The molecule has 0 fully saturated rings. The Morgan fingerprint density at radius 3 is 1.62 bits per heavy atom. The number of nitrogens with two attached hydrogens (primary N) is 1. The third kappa shape index (κ3) is 5.09. The Morgan fingerprint density at radius 2 is 1.19 bits per heavy atom. The molecule has 0 spiro atoms. The molecule has 3 aromatic rings. The number of aliphatic hydroxyl groups excluding tert-OH is 1. The molecular formula is C22H23NO3. The third-order valence-corrected chi connectivity index (χ3v) is 4.01. The molecule has 0 unspecified atom stereocenters. The standard InChI is InChI=1S/C22H23NO3/c23-14-22(24)19-11-20(25-15-17-7-3-1-4-8-17)13-21(12-19)26-16-18-9-5-2-6-10-18/h1-13,22,24H,14-16,23H2/t22-/m1/s1. The first-order valence-corrected chi connectivity index (χ1v) is 8.61. The van der Waals surface area contributed by atoms with E-state index >= 15 is 0 Å². The maximum atomic E-state index is 10.1. The maximum Gasteiger partial charge on any atom is 0.123 e. The van der Waals surface area contributed by atoms with E-state index in [0.29, 0.717) is 30.3 Å². The zero-order valence-electron chi connectivity index (χ0n) is 14.5. The molecule has 26 heavy (non-hydrogen) atoms. The Labute approximate surface area is 153 Å². The van der Waals surface area contributed by atoms with Gasteiger partial charge in [-0.15, -0.1) is 0 Å². The normalized spacial score (nSPS) is 11.8. The van der Waals surface area contributed by atoms with Gasteiger partial charge in [0.25, 0.3) is 0 Å². The lowest BCUT2D eigenvalue weighted by Crippen LogP contribution is -2.12. The fraction of sp³-hybridized carbons (Fsp3) is 0.182. The molecular weight excluding hydrogens is 326 g/mol. The average Bonchev–Trinajstić information content (AvgIpc) is 2.71. The molecule has 4 heteroatoms. The molecule has 0 bridgehead atoms. The Bertz CT molecular complexity index is 744. The van der Waals surface area contributed by atoms with Gasteiger partial charge in [0.15, 0.2) is 0 Å². The van der Waals surface area contributed by atoms with Crippen molar-refractivity contribution in [3.8, 4) is 11.5 Å². The summed E-state index contributed by atoms with van der Waals surface area (Å²) in [4.78, 5) is 0. The molecule has 0 saturated heterocycles. The highest BCUT2D eigenvalue weighted by molar-refractivity contribution is 5.40. The van der Waals surface area contributed by atoms with Gasteiger partial charge in [-0.3, -0.25) is 0 Å². The molecule has 134 valence electrons. The van der Waals surface area contributed by atoms with E-state index in [4.69, 9.17) is 15.2 Å². The van der Waals surface area contributed by atoms with Crippen molar-refractivity contribution in [1.29, 1.82) is 0 Å². The van der Waals surface area contributed by atoms with E-state index in [-0.39, 0.29) is 6.54 Å². The van der Waals surface area contributed by atoms with Gasteiger partial charge in [-0.1, -0.05) is 60.7 Å². The van der Waals surface area contributed by atoms with Crippen LogP contribution in [0.15, 0.2) is 78.9 Å². The first-order valence-electron chi connectivity index (χ1n) is 8.61. The molecule has 1 atom stereocenters. The number of benzene rings is 3. The van der Waals surface area contributed by atoms with Gasteiger partial charge in [0.05, 0.1) is 6.10 Å². The molecule has 0 aromatic heterocycles. The predicted molar refractivity (Wildman–Crippen MR) is 102 cm³/mol. The van der Waals surface area contributed by atoms with Gasteiger partial charge in [0.2, 0.25) is 0 Å². The van der Waals surface area contributed by atoms with Crippen LogP contribution in [0.3, 0.4) is 0 Å². The zero-order valence-corrected chi connectivity index (χ0v) is 14.5. The van der Waals surface area contributed by atoms with E-state index in [1.54, 1.807) is 12.1 Å². The highest BCUT2D eigenvalue weighted by Gasteiger charge is 2.10. The van der Waals surface area contributed by atoms with Gasteiger partial charge in [-0.25, -0.2) is 0 Å². The van der Waals surface area contributed by atoms with Crippen molar-refractivity contribution >= 4 is 0 Å². The van der Waals surface area contributed by atoms with Crippen LogP contribution in [0.5, 0.6) is 11.5 Å². The lowest BCUT2D eigenvalue weighted by Gasteiger charge is -2.15. The van der Waals surface area contributed by atoms with E-state index in [1.807, 2.05) is 66.7 Å². The number of ether oxygens (including phenoxy) is 2. The van der Waals surface area contributed by atoms with Crippen molar-refractivity contribution in [2.75, 3.05) is 6.54 Å². The van der Waals surface area contributed by atoms with Crippen molar-refractivity contribution in [3.05, 3.63) is 95.6 Å². The van der Waals surface area contributed by atoms with Crippen LogP contribution in [0, 0.1) is 0 Å². The Morgan fingerprint density at radius 1 is 0.731 bits per heavy atom. The van der Waals surface area contributed by atoms with Crippen LogP contribution in [-0.2, 0) is 13.2 Å². The first kappa shape index (κ1) is 18.0. The summed E-state index contributed by atoms with van der Waals surface area (Å²) in [6, 6.07) is 25.3. The SMILES string of the molecule is NC[C@@H](O)c1cc(OCc2ccccc2)cc(OCc2ccccc2)c1. The largest absolute Gasteiger partial charge is 0.489 e. The summed E-state index contributed by atoms with van der Waals surface area (Å²) in [5.74, 6) is 1.28. The van der Waals surface area contributed by atoms with Crippen LogP contribution in [0.4, 0.5) is 0 Å².